The highest BCUT2D eigenvalue weighted by atomic mass is 32.2. The van der Waals surface area contributed by atoms with Crippen molar-refractivity contribution in [1.29, 1.82) is 0 Å². The molecule has 2 aromatic rings. The third kappa shape index (κ3) is 11.8. The van der Waals surface area contributed by atoms with Gasteiger partial charge in [-0.25, -0.2) is 8.42 Å². The maximum absolute atomic E-state index is 13.6. The van der Waals surface area contributed by atoms with Crippen LogP contribution in [-0.4, -0.2) is 76.6 Å². The number of hydrogen-bond acceptors (Lipinski definition) is 7. The summed E-state index contributed by atoms with van der Waals surface area (Å²) in [6.45, 7) is 9.90. The number of rotatable bonds is 18. The number of carbonyl (C=O) groups is 4. The van der Waals surface area contributed by atoms with Crippen LogP contribution in [0.15, 0.2) is 48.5 Å². The summed E-state index contributed by atoms with van der Waals surface area (Å²) in [6.07, 6.45) is 3.79. The highest BCUT2D eigenvalue weighted by Gasteiger charge is 2.24. The third-order valence-corrected chi connectivity index (χ3v) is 8.85. The first-order valence-corrected chi connectivity index (χ1v) is 17.6. The van der Waals surface area contributed by atoms with Crippen molar-refractivity contribution in [3.8, 4) is 0 Å². The van der Waals surface area contributed by atoms with E-state index >= 15 is 0 Å². The lowest BCUT2D eigenvalue weighted by molar-refractivity contribution is -0.129. The van der Waals surface area contributed by atoms with Crippen LogP contribution in [0.1, 0.15) is 92.6 Å². The van der Waals surface area contributed by atoms with Gasteiger partial charge >= 0.3 is 0 Å². The fourth-order valence-electron chi connectivity index (χ4n) is 4.66. The van der Waals surface area contributed by atoms with E-state index in [0.29, 0.717) is 19.4 Å². The molecule has 5 N–H and O–H groups in total. The van der Waals surface area contributed by atoms with Crippen LogP contribution < -0.4 is 30.9 Å². The Morgan fingerprint density at radius 1 is 0.848 bits per heavy atom. The minimum absolute atomic E-state index is 0.116. The molecule has 0 aliphatic rings. The Bertz CT molecular complexity index is 1440. The summed E-state index contributed by atoms with van der Waals surface area (Å²) in [5, 5.41) is 14.5. The van der Waals surface area contributed by atoms with Gasteiger partial charge in [-0.3, -0.25) is 23.5 Å². The highest BCUT2D eigenvalue weighted by Crippen LogP contribution is 2.22. The summed E-state index contributed by atoms with van der Waals surface area (Å²) < 4.78 is 25.8. The van der Waals surface area contributed by atoms with Crippen LogP contribution in [-0.2, 0) is 19.6 Å². The summed E-state index contributed by atoms with van der Waals surface area (Å²) in [4.78, 5) is 52.0. The fourth-order valence-corrected chi connectivity index (χ4v) is 5.14. The molecule has 0 aromatic heterocycles. The summed E-state index contributed by atoms with van der Waals surface area (Å²) >= 11 is 0. The SMILES string of the molecule is CCCC[C@@H](CN[C@@H](C)C(=O)N[C@@H](CC)C(=O)NCC)NC(=O)c1cc(C(=O)N[C@H](C)c2ccccc2)cc(N(C)S(C)(=O)=O)c1. The Hall–Kier alpha value is -3.97. The van der Waals surface area contributed by atoms with Gasteiger partial charge in [0, 0.05) is 37.3 Å². The van der Waals surface area contributed by atoms with Crippen molar-refractivity contribution in [2.75, 3.05) is 30.7 Å². The molecule has 4 amide bonds. The van der Waals surface area contributed by atoms with Crippen molar-refractivity contribution in [1.82, 2.24) is 26.6 Å². The number of nitrogens with zero attached hydrogens (tertiary/aromatic N) is 1. The van der Waals surface area contributed by atoms with Crippen LogP contribution in [0, 0.1) is 0 Å². The Kier molecular flexibility index (Phi) is 15.2. The van der Waals surface area contributed by atoms with Crippen molar-refractivity contribution in [2.45, 2.75) is 84.5 Å². The largest absolute Gasteiger partial charge is 0.355 e. The molecule has 0 aliphatic carbocycles. The molecule has 0 radical (unpaired) electrons. The quantitative estimate of drug-likeness (QED) is 0.164. The zero-order valence-electron chi connectivity index (χ0n) is 28.0. The van der Waals surface area contributed by atoms with E-state index < -0.39 is 33.9 Å². The predicted molar refractivity (Wildman–Crippen MR) is 181 cm³/mol. The monoisotopic (exact) mass is 658 g/mol. The van der Waals surface area contributed by atoms with E-state index in [0.717, 1.165) is 29.0 Å². The van der Waals surface area contributed by atoms with E-state index in [1.807, 2.05) is 58.0 Å². The molecule has 0 heterocycles. The molecular formula is C33H50N6O6S. The Balaban J connectivity index is 2.26. The van der Waals surface area contributed by atoms with Gasteiger partial charge in [0.25, 0.3) is 11.8 Å². The first kappa shape index (κ1) is 38.2. The second kappa shape index (κ2) is 18.2. The zero-order valence-corrected chi connectivity index (χ0v) is 28.8. The van der Waals surface area contributed by atoms with E-state index in [1.165, 1.54) is 25.2 Å². The van der Waals surface area contributed by atoms with Crippen LogP contribution in [0.4, 0.5) is 5.69 Å². The third-order valence-electron chi connectivity index (χ3n) is 7.65. The fraction of sp³-hybridized carbons (Fsp3) is 0.515. The first-order chi connectivity index (χ1) is 21.7. The molecule has 4 atom stereocenters. The van der Waals surface area contributed by atoms with Crippen molar-refractivity contribution >= 4 is 39.3 Å². The summed E-state index contributed by atoms with van der Waals surface area (Å²) in [6, 6.07) is 11.7. The van der Waals surface area contributed by atoms with Gasteiger partial charge < -0.3 is 26.6 Å². The van der Waals surface area contributed by atoms with Crippen LogP contribution in [0.25, 0.3) is 0 Å². The Morgan fingerprint density at radius 3 is 2.00 bits per heavy atom. The number of carbonyl (C=O) groups excluding carboxylic acids is 4. The molecule has 0 saturated carbocycles. The summed E-state index contributed by atoms with van der Waals surface area (Å²) in [5.41, 5.74) is 1.30. The Labute approximate surface area is 273 Å². The molecule has 0 aliphatic heterocycles. The number of nitrogens with one attached hydrogen (secondary N) is 5. The van der Waals surface area contributed by atoms with Crippen molar-refractivity contribution in [2.24, 2.45) is 0 Å². The van der Waals surface area contributed by atoms with Gasteiger partial charge in [0.15, 0.2) is 0 Å². The molecule has 2 aromatic carbocycles. The maximum Gasteiger partial charge on any atom is 0.251 e. The smallest absolute Gasteiger partial charge is 0.251 e. The number of likely N-dealkylation sites (N-methyl/N-ethyl adjacent to an activating group) is 1. The van der Waals surface area contributed by atoms with Gasteiger partial charge in [-0.2, -0.15) is 0 Å². The second-order valence-electron chi connectivity index (χ2n) is 11.4. The lowest BCUT2D eigenvalue weighted by Gasteiger charge is -2.24. The van der Waals surface area contributed by atoms with Gasteiger partial charge in [0.1, 0.15) is 6.04 Å². The molecule has 0 fully saturated rings. The first-order valence-electron chi connectivity index (χ1n) is 15.8. The number of benzene rings is 2. The Morgan fingerprint density at radius 2 is 1.46 bits per heavy atom. The van der Waals surface area contributed by atoms with Crippen LogP contribution in [0.2, 0.25) is 0 Å². The van der Waals surface area contributed by atoms with Gasteiger partial charge in [-0.15, -0.1) is 0 Å². The number of anilines is 1. The lowest BCUT2D eigenvalue weighted by Crippen LogP contribution is -2.53. The van der Waals surface area contributed by atoms with Gasteiger partial charge in [-0.1, -0.05) is 57.0 Å². The predicted octanol–water partition coefficient (Wildman–Crippen LogP) is 2.87. The van der Waals surface area contributed by atoms with E-state index in [9.17, 15) is 27.6 Å². The molecule has 0 saturated heterocycles. The van der Waals surface area contributed by atoms with Crippen LogP contribution in [0.3, 0.4) is 0 Å². The molecular weight excluding hydrogens is 608 g/mol. The molecule has 0 bridgehead atoms. The maximum atomic E-state index is 13.6. The minimum Gasteiger partial charge on any atom is -0.355 e. The van der Waals surface area contributed by atoms with Crippen molar-refractivity contribution in [3.05, 3.63) is 65.2 Å². The number of sulfonamides is 1. The molecule has 0 spiro atoms. The van der Waals surface area contributed by atoms with Gasteiger partial charge in [-0.05, 0) is 57.4 Å². The normalized spacial score (nSPS) is 13.9. The van der Waals surface area contributed by atoms with Gasteiger partial charge in [0.05, 0.1) is 24.0 Å². The second-order valence-corrected chi connectivity index (χ2v) is 13.4. The average molecular weight is 659 g/mol. The molecule has 13 heteroatoms. The lowest BCUT2D eigenvalue weighted by atomic mass is 10.0. The van der Waals surface area contributed by atoms with Crippen molar-refractivity contribution in [3.63, 3.8) is 0 Å². The number of hydrogen-bond donors (Lipinski definition) is 5. The molecule has 2 rings (SSSR count). The van der Waals surface area contributed by atoms with E-state index in [1.54, 1.807) is 6.92 Å². The van der Waals surface area contributed by atoms with Crippen molar-refractivity contribution < 1.29 is 27.6 Å². The standard InChI is InChI=1S/C33H50N6O6S/c1-8-11-17-27(21-35-23(5)30(40)38-29(9-2)33(43)34-10-3)37-32(42)26-18-25(19-28(20-26)39(6)46(7,44)45)31(41)36-22(4)24-15-13-12-14-16-24/h12-16,18-20,22-23,27,29,35H,8-11,17,21H2,1-7H3,(H,34,43)(H,36,41)(H,37,42)(H,38,40)/t22-,23+,27+,29+/m1/s1. The van der Waals surface area contributed by atoms with Crippen LogP contribution in [0.5, 0.6) is 0 Å². The molecule has 0 unspecified atom stereocenters. The van der Waals surface area contributed by atoms with Crippen LogP contribution >= 0.6 is 0 Å². The molecule has 254 valence electrons. The zero-order chi connectivity index (χ0) is 34.4. The highest BCUT2D eigenvalue weighted by molar-refractivity contribution is 7.92. The number of amides is 4. The van der Waals surface area contributed by atoms with E-state index in [4.69, 9.17) is 0 Å². The summed E-state index contributed by atoms with van der Waals surface area (Å²) in [5.74, 6) is -1.53. The minimum atomic E-state index is -3.69. The molecule has 12 nitrogen and oxygen atoms in total. The molecule has 46 heavy (non-hydrogen) atoms. The van der Waals surface area contributed by atoms with E-state index in [-0.39, 0.29) is 47.3 Å². The average Bonchev–Trinajstić information content (AvgIpc) is 3.03. The van der Waals surface area contributed by atoms with Gasteiger partial charge in [0.2, 0.25) is 21.8 Å². The summed E-state index contributed by atoms with van der Waals surface area (Å²) in [7, 11) is -2.33. The number of unbranched alkanes of at least 4 members (excludes halogenated alkanes) is 1. The van der Waals surface area contributed by atoms with E-state index in [2.05, 4.69) is 26.6 Å². The topological polar surface area (TPSA) is 166 Å².